The highest BCUT2D eigenvalue weighted by Crippen LogP contribution is 2.10. The fourth-order valence-corrected chi connectivity index (χ4v) is 1.59. The van der Waals surface area contributed by atoms with Gasteiger partial charge in [0, 0.05) is 5.56 Å². The van der Waals surface area contributed by atoms with Crippen LogP contribution >= 0.6 is 0 Å². The molecule has 1 unspecified atom stereocenters. The Morgan fingerprint density at radius 3 is 2.57 bits per heavy atom. The van der Waals surface area contributed by atoms with Crippen molar-refractivity contribution in [2.24, 2.45) is 5.10 Å². The van der Waals surface area contributed by atoms with Gasteiger partial charge in [-0.05, 0) is 25.1 Å². The number of amides is 1. The van der Waals surface area contributed by atoms with E-state index in [1.54, 1.807) is 37.3 Å². The Morgan fingerprint density at radius 1 is 1.19 bits per heavy atom. The first-order valence-electron chi connectivity index (χ1n) is 6.46. The van der Waals surface area contributed by atoms with Crippen LogP contribution in [0.25, 0.3) is 0 Å². The van der Waals surface area contributed by atoms with Crippen molar-refractivity contribution in [1.29, 1.82) is 0 Å². The van der Waals surface area contributed by atoms with Crippen LogP contribution in [-0.2, 0) is 4.79 Å². The molecule has 0 radical (unpaired) electrons. The van der Waals surface area contributed by atoms with Gasteiger partial charge < -0.3 is 4.74 Å². The van der Waals surface area contributed by atoms with E-state index < -0.39 is 17.8 Å². The molecular weight excluding hydrogens is 271 g/mol. The van der Waals surface area contributed by atoms with E-state index in [0.717, 1.165) is 0 Å². The molecule has 4 nitrogen and oxygen atoms in total. The topological polar surface area (TPSA) is 50.7 Å². The molecule has 0 aliphatic heterocycles. The predicted molar refractivity (Wildman–Crippen MR) is 78.7 cm³/mol. The highest BCUT2D eigenvalue weighted by molar-refractivity contribution is 5.84. The summed E-state index contributed by atoms with van der Waals surface area (Å²) in [6.07, 6.45) is 0.549. The second-order valence-electron chi connectivity index (χ2n) is 4.33. The number of nitrogens with one attached hydrogen (secondary N) is 1. The molecule has 1 amide bonds. The van der Waals surface area contributed by atoms with E-state index in [0.29, 0.717) is 11.3 Å². The van der Waals surface area contributed by atoms with Gasteiger partial charge in [0.2, 0.25) is 0 Å². The lowest BCUT2D eigenvalue weighted by Gasteiger charge is -2.12. The number of carbonyl (C=O) groups is 1. The number of hydrazone groups is 1. The van der Waals surface area contributed by atoms with Crippen LogP contribution in [0.5, 0.6) is 5.75 Å². The molecule has 0 aliphatic rings. The smallest absolute Gasteiger partial charge is 0.280 e. The summed E-state index contributed by atoms with van der Waals surface area (Å²) in [5.74, 6) is -0.214. The van der Waals surface area contributed by atoms with Crippen molar-refractivity contribution in [3.05, 3.63) is 66.0 Å². The Labute approximate surface area is 122 Å². The first-order valence-corrected chi connectivity index (χ1v) is 6.46. The Morgan fingerprint density at radius 2 is 1.86 bits per heavy atom. The molecule has 2 aromatic carbocycles. The van der Waals surface area contributed by atoms with Crippen molar-refractivity contribution in [2.75, 3.05) is 0 Å². The molecule has 0 heterocycles. The minimum absolute atomic E-state index is 0.300. The van der Waals surface area contributed by atoms with Crippen molar-refractivity contribution in [3.8, 4) is 5.75 Å². The Bertz CT molecular complexity index is 629. The average Bonchev–Trinajstić information content (AvgIpc) is 2.50. The quantitative estimate of drug-likeness (QED) is 0.678. The maximum Gasteiger partial charge on any atom is 0.280 e. The van der Waals surface area contributed by atoms with Gasteiger partial charge in [-0.15, -0.1) is 0 Å². The third-order valence-electron chi connectivity index (χ3n) is 2.71. The number of nitrogens with zero attached hydrogens (tertiary/aromatic N) is 1. The van der Waals surface area contributed by atoms with E-state index in [1.807, 2.05) is 18.2 Å². The van der Waals surface area contributed by atoms with Crippen LogP contribution in [0.2, 0.25) is 0 Å². The van der Waals surface area contributed by atoms with Crippen molar-refractivity contribution in [3.63, 3.8) is 0 Å². The first-order chi connectivity index (χ1) is 10.2. The number of carbonyl (C=O) groups excluding carboxylic acids is 1. The van der Waals surface area contributed by atoms with Gasteiger partial charge in [-0.1, -0.05) is 36.4 Å². The summed E-state index contributed by atoms with van der Waals surface area (Å²) >= 11 is 0. The lowest BCUT2D eigenvalue weighted by Crippen LogP contribution is -2.33. The molecule has 0 spiro atoms. The summed E-state index contributed by atoms with van der Waals surface area (Å²) in [6.45, 7) is 1.61. The van der Waals surface area contributed by atoms with Gasteiger partial charge >= 0.3 is 0 Å². The van der Waals surface area contributed by atoms with Crippen LogP contribution in [0.15, 0.2) is 59.7 Å². The summed E-state index contributed by atoms with van der Waals surface area (Å²) in [5.41, 5.74) is 2.62. The molecule has 2 aromatic rings. The van der Waals surface area contributed by atoms with Crippen LogP contribution in [0, 0.1) is 5.82 Å². The highest BCUT2D eigenvalue weighted by atomic mass is 19.1. The number of hydrogen-bond acceptors (Lipinski definition) is 3. The fourth-order valence-electron chi connectivity index (χ4n) is 1.59. The van der Waals surface area contributed by atoms with Gasteiger partial charge in [-0.2, -0.15) is 5.10 Å². The SMILES string of the molecule is CC(Oc1ccccc1)C(=O)NN=Cc1ccccc1F. The normalized spacial score (nSPS) is 12.1. The van der Waals surface area contributed by atoms with Crippen LogP contribution in [0.3, 0.4) is 0 Å². The van der Waals surface area contributed by atoms with Gasteiger partial charge in [0.05, 0.1) is 6.21 Å². The van der Waals surface area contributed by atoms with Gasteiger partial charge in [0.15, 0.2) is 6.10 Å². The predicted octanol–water partition coefficient (Wildman–Crippen LogP) is 2.74. The maximum absolute atomic E-state index is 13.3. The average molecular weight is 286 g/mol. The van der Waals surface area contributed by atoms with Crippen molar-refractivity contribution >= 4 is 12.1 Å². The van der Waals surface area contributed by atoms with E-state index in [4.69, 9.17) is 4.74 Å². The lowest BCUT2D eigenvalue weighted by molar-refractivity contribution is -0.127. The van der Waals surface area contributed by atoms with E-state index in [1.165, 1.54) is 12.3 Å². The second kappa shape index (κ2) is 7.19. The summed E-state index contributed by atoms with van der Waals surface area (Å²) in [5, 5.41) is 3.72. The number of benzene rings is 2. The summed E-state index contributed by atoms with van der Waals surface area (Å²) in [7, 11) is 0. The molecule has 21 heavy (non-hydrogen) atoms. The van der Waals surface area contributed by atoms with E-state index in [-0.39, 0.29) is 0 Å². The number of hydrogen-bond donors (Lipinski definition) is 1. The molecule has 0 aromatic heterocycles. The Kier molecular flexibility index (Phi) is 5.04. The van der Waals surface area contributed by atoms with E-state index in [2.05, 4.69) is 10.5 Å². The number of halogens is 1. The zero-order valence-corrected chi connectivity index (χ0v) is 11.5. The zero-order chi connectivity index (χ0) is 15.1. The molecule has 0 saturated carbocycles. The number of para-hydroxylation sites is 1. The second-order valence-corrected chi connectivity index (χ2v) is 4.33. The van der Waals surface area contributed by atoms with Gasteiger partial charge in [-0.25, -0.2) is 9.82 Å². The molecule has 2 rings (SSSR count). The van der Waals surface area contributed by atoms with Crippen LogP contribution in [0.4, 0.5) is 4.39 Å². The third-order valence-corrected chi connectivity index (χ3v) is 2.71. The molecule has 0 saturated heterocycles. The number of ether oxygens (including phenoxy) is 1. The van der Waals surface area contributed by atoms with Gasteiger partial charge in [-0.3, -0.25) is 4.79 Å². The zero-order valence-electron chi connectivity index (χ0n) is 11.5. The van der Waals surface area contributed by atoms with Crippen molar-refractivity contribution in [2.45, 2.75) is 13.0 Å². The molecule has 0 aliphatic carbocycles. The van der Waals surface area contributed by atoms with Gasteiger partial charge in [0.25, 0.3) is 5.91 Å². The molecular formula is C16H15FN2O2. The van der Waals surface area contributed by atoms with E-state index in [9.17, 15) is 9.18 Å². The summed E-state index contributed by atoms with van der Waals surface area (Å²) in [6, 6.07) is 15.2. The summed E-state index contributed by atoms with van der Waals surface area (Å²) < 4.78 is 18.8. The lowest BCUT2D eigenvalue weighted by atomic mass is 10.2. The maximum atomic E-state index is 13.3. The van der Waals surface area contributed by atoms with Crippen molar-refractivity contribution < 1.29 is 13.9 Å². The fraction of sp³-hybridized carbons (Fsp3) is 0.125. The minimum atomic E-state index is -0.704. The monoisotopic (exact) mass is 286 g/mol. The molecule has 0 bridgehead atoms. The molecule has 108 valence electrons. The molecule has 0 fully saturated rings. The minimum Gasteiger partial charge on any atom is -0.481 e. The van der Waals surface area contributed by atoms with Crippen molar-refractivity contribution in [1.82, 2.24) is 5.43 Å². The van der Waals surface area contributed by atoms with Crippen LogP contribution in [-0.4, -0.2) is 18.2 Å². The van der Waals surface area contributed by atoms with Crippen LogP contribution in [0.1, 0.15) is 12.5 Å². The number of rotatable bonds is 5. The van der Waals surface area contributed by atoms with Gasteiger partial charge in [0.1, 0.15) is 11.6 Å². The first kappa shape index (κ1) is 14.7. The molecule has 1 atom stereocenters. The molecule has 5 heteroatoms. The Balaban J connectivity index is 1.88. The standard InChI is InChI=1S/C16H15FN2O2/c1-12(21-14-8-3-2-4-9-14)16(20)19-18-11-13-7-5-6-10-15(13)17/h2-12H,1H3,(H,19,20). The Hall–Kier alpha value is -2.69. The highest BCUT2D eigenvalue weighted by Gasteiger charge is 2.13. The third kappa shape index (κ3) is 4.42. The van der Waals surface area contributed by atoms with E-state index >= 15 is 0 Å². The summed E-state index contributed by atoms with van der Waals surface area (Å²) in [4.78, 5) is 11.8. The largest absolute Gasteiger partial charge is 0.481 e. The molecule has 1 N–H and O–H groups in total. The van der Waals surface area contributed by atoms with Crippen LogP contribution < -0.4 is 10.2 Å².